The number of alkyl halides is 3. The lowest BCUT2D eigenvalue weighted by molar-refractivity contribution is -0.138. The Morgan fingerprint density at radius 2 is 1.79 bits per heavy atom. The monoisotopic (exact) mass is 604 g/mol. The smallest absolute Gasteiger partial charge is 0.378 e. The predicted molar refractivity (Wildman–Crippen MR) is 157 cm³/mol. The minimum Gasteiger partial charge on any atom is -0.378 e. The van der Waals surface area contributed by atoms with Gasteiger partial charge in [0.15, 0.2) is 0 Å². The SMILES string of the molecule is C[C@@H]1CN(c2cc(Cl)c(-c3ccnc(N4CCOCC4)c3)cc2NC(=O)c2c[nH]c(=O)cc2C(F)(F)F)C[C@H](C)N1C. The summed E-state index contributed by atoms with van der Waals surface area (Å²) < 4.78 is 46.8. The van der Waals surface area contributed by atoms with Crippen LogP contribution in [0, 0.1) is 0 Å². The first-order chi connectivity index (χ1) is 19.9. The standard InChI is InChI=1S/C29H32ClF3N6O3/c1-17-15-39(16-18(2)37(17)3)25-13-23(30)20(19-4-5-34-26(10-19)38-6-8-42-9-7-38)11-24(25)36-28(41)21-14-35-27(40)12-22(21)29(31,32)33/h4-5,10-14,17-18H,6-9,15-16H2,1-3H3,(H,35,40)(H,36,41)/t17-,18+. The molecule has 2 aliphatic rings. The van der Waals surface area contributed by atoms with Crippen molar-refractivity contribution in [1.82, 2.24) is 14.9 Å². The number of nitrogens with one attached hydrogen (secondary N) is 2. The van der Waals surface area contributed by atoms with Crippen LogP contribution in [0.15, 0.2) is 47.5 Å². The fourth-order valence-corrected chi connectivity index (χ4v) is 5.65. The lowest BCUT2D eigenvalue weighted by Gasteiger charge is -2.44. The summed E-state index contributed by atoms with van der Waals surface area (Å²) in [7, 11) is 2.04. The Bertz CT molecular complexity index is 1510. The second-order valence-electron chi connectivity index (χ2n) is 10.7. The van der Waals surface area contributed by atoms with Crippen LogP contribution in [-0.4, -0.2) is 79.3 Å². The number of ether oxygens (including phenoxy) is 1. The van der Waals surface area contributed by atoms with Gasteiger partial charge in [0.25, 0.3) is 5.91 Å². The fourth-order valence-electron chi connectivity index (χ4n) is 5.38. The van der Waals surface area contributed by atoms with Crippen LogP contribution in [0.5, 0.6) is 0 Å². The Morgan fingerprint density at radius 1 is 1.10 bits per heavy atom. The maximum absolute atomic E-state index is 13.8. The Hall–Kier alpha value is -3.61. The number of rotatable bonds is 5. The van der Waals surface area contributed by atoms with Crippen LogP contribution in [0.4, 0.5) is 30.4 Å². The molecule has 1 aromatic carbocycles. The van der Waals surface area contributed by atoms with Gasteiger partial charge < -0.3 is 24.8 Å². The molecule has 2 atom stereocenters. The van der Waals surface area contributed by atoms with E-state index in [-0.39, 0.29) is 12.1 Å². The molecule has 42 heavy (non-hydrogen) atoms. The van der Waals surface area contributed by atoms with Crippen molar-refractivity contribution in [2.75, 3.05) is 61.6 Å². The van der Waals surface area contributed by atoms with Crippen molar-refractivity contribution in [1.29, 1.82) is 0 Å². The fraction of sp³-hybridized carbons (Fsp3) is 0.414. The second-order valence-corrected chi connectivity index (χ2v) is 11.1. The zero-order chi connectivity index (χ0) is 30.2. The zero-order valence-corrected chi connectivity index (χ0v) is 24.2. The molecule has 0 saturated carbocycles. The number of carbonyl (C=O) groups excluding carboxylic acids is 1. The quantitative estimate of drug-likeness (QED) is 0.435. The first kappa shape index (κ1) is 29.9. The third kappa shape index (κ3) is 6.25. The summed E-state index contributed by atoms with van der Waals surface area (Å²) in [6, 6.07) is 7.83. The van der Waals surface area contributed by atoms with Gasteiger partial charge in [-0.05, 0) is 50.7 Å². The first-order valence-corrected chi connectivity index (χ1v) is 14.0. The van der Waals surface area contributed by atoms with E-state index in [9.17, 15) is 22.8 Å². The van der Waals surface area contributed by atoms with Crippen molar-refractivity contribution in [2.24, 2.45) is 0 Å². The molecule has 0 radical (unpaired) electrons. The average Bonchev–Trinajstić information content (AvgIpc) is 2.96. The van der Waals surface area contributed by atoms with Gasteiger partial charge in [-0.2, -0.15) is 13.2 Å². The van der Waals surface area contributed by atoms with Crippen molar-refractivity contribution < 1.29 is 22.7 Å². The maximum Gasteiger partial charge on any atom is 0.417 e. The summed E-state index contributed by atoms with van der Waals surface area (Å²) >= 11 is 6.86. The number of H-pyrrole nitrogens is 1. The van der Waals surface area contributed by atoms with Gasteiger partial charge in [-0.25, -0.2) is 4.98 Å². The number of aromatic amines is 1. The van der Waals surface area contributed by atoms with Crippen molar-refractivity contribution >= 4 is 34.7 Å². The molecule has 2 N–H and O–H groups in total. The molecule has 0 aliphatic carbocycles. The van der Waals surface area contributed by atoms with E-state index in [0.717, 1.165) is 17.6 Å². The molecule has 4 heterocycles. The lowest BCUT2D eigenvalue weighted by atomic mass is 10.0. The van der Waals surface area contributed by atoms with Gasteiger partial charge in [0.2, 0.25) is 5.56 Å². The van der Waals surface area contributed by atoms with Crippen LogP contribution in [0.3, 0.4) is 0 Å². The summed E-state index contributed by atoms with van der Waals surface area (Å²) in [5, 5.41) is 3.11. The summed E-state index contributed by atoms with van der Waals surface area (Å²) in [6.07, 6.45) is -2.44. The van der Waals surface area contributed by atoms with Crippen LogP contribution in [0.2, 0.25) is 5.02 Å². The van der Waals surface area contributed by atoms with Crippen LogP contribution in [-0.2, 0) is 10.9 Å². The van der Waals surface area contributed by atoms with Crippen molar-refractivity contribution in [2.45, 2.75) is 32.1 Å². The van der Waals surface area contributed by atoms with E-state index in [0.29, 0.717) is 67.4 Å². The summed E-state index contributed by atoms with van der Waals surface area (Å²) in [6.45, 7) is 7.93. The Balaban J connectivity index is 1.58. The van der Waals surface area contributed by atoms with Gasteiger partial charge in [-0.1, -0.05) is 11.6 Å². The van der Waals surface area contributed by atoms with Crippen LogP contribution >= 0.6 is 11.6 Å². The van der Waals surface area contributed by atoms with Crippen molar-refractivity contribution in [3.8, 4) is 11.1 Å². The number of anilines is 3. The molecule has 224 valence electrons. The van der Waals surface area contributed by atoms with E-state index in [4.69, 9.17) is 16.3 Å². The molecule has 0 unspecified atom stereocenters. The Morgan fingerprint density at radius 3 is 2.45 bits per heavy atom. The number of aromatic nitrogens is 2. The third-order valence-corrected chi connectivity index (χ3v) is 8.21. The van der Waals surface area contributed by atoms with Crippen molar-refractivity contribution in [3.63, 3.8) is 0 Å². The number of piperazine rings is 1. The minimum atomic E-state index is -4.90. The summed E-state index contributed by atoms with van der Waals surface area (Å²) in [5.74, 6) is -0.265. The normalized spacial score (nSPS) is 20.1. The molecule has 0 bridgehead atoms. The molecule has 1 amide bonds. The van der Waals surface area contributed by atoms with E-state index in [1.165, 1.54) is 0 Å². The molecule has 9 nitrogen and oxygen atoms in total. The number of nitrogens with zero attached hydrogens (tertiary/aromatic N) is 4. The van der Waals surface area contributed by atoms with E-state index in [2.05, 4.69) is 43.8 Å². The second kappa shape index (κ2) is 11.9. The molecule has 2 saturated heterocycles. The van der Waals surface area contributed by atoms with E-state index >= 15 is 0 Å². The maximum atomic E-state index is 13.8. The van der Waals surface area contributed by atoms with Crippen LogP contribution < -0.4 is 20.7 Å². The number of hydrogen-bond donors (Lipinski definition) is 2. The number of pyridine rings is 2. The van der Waals surface area contributed by atoms with Crippen LogP contribution in [0.1, 0.15) is 29.8 Å². The summed E-state index contributed by atoms with van der Waals surface area (Å²) in [4.78, 5) is 38.1. The molecule has 0 spiro atoms. The molecular formula is C29H32ClF3N6O3. The number of amides is 1. The highest BCUT2D eigenvalue weighted by Gasteiger charge is 2.36. The van der Waals surface area contributed by atoms with E-state index in [1.807, 2.05) is 13.1 Å². The number of carbonyl (C=O) groups is 1. The minimum absolute atomic E-state index is 0.170. The average molecular weight is 605 g/mol. The lowest BCUT2D eigenvalue weighted by Crippen LogP contribution is -2.55. The molecule has 5 rings (SSSR count). The topological polar surface area (TPSA) is 93.8 Å². The van der Waals surface area contributed by atoms with Crippen molar-refractivity contribution in [3.05, 3.63) is 69.2 Å². The Labute approximate surface area is 246 Å². The number of halogens is 4. The molecular weight excluding hydrogens is 573 g/mol. The number of likely N-dealkylation sites (N-methyl/N-ethyl adjacent to an activating group) is 1. The largest absolute Gasteiger partial charge is 0.417 e. The molecule has 2 aliphatic heterocycles. The summed E-state index contributed by atoms with van der Waals surface area (Å²) in [5.41, 5.74) is -0.757. The molecule has 13 heteroatoms. The predicted octanol–water partition coefficient (Wildman–Crippen LogP) is 4.73. The highest BCUT2D eigenvalue weighted by molar-refractivity contribution is 6.34. The molecule has 2 fully saturated rings. The molecule has 3 aromatic rings. The highest BCUT2D eigenvalue weighted by atomic mass is 35.5. The Kier molecular flexibility index (Phi) is 8.49. The van der Waals surface area contributed by atoms with E-state index < -0.39 is 28.8 Å². The highest BCUT2D eigenvalue weighted by Crippen LogP contribution is 2.40. The van der Waals surface area contributed by atoms with Gasteiger partial charge in [-0.3, -0.25) is 14.5 Å². The van der Waals surface area contributed by atoms with Crippen LogP contribution in [0.25, 0.3) is 11.1 Å². The van der Waals surface area contributed by atoms with Gasteiger partial charge in [-0.15, -0.1) is 0 Å². The third-order valence-electron chi connectivity index (χ3n) is 7.90. The number of morpholine rings is 1. The first-order valence-electron chi connectivity index (χ1n) is 13.6. The number of hydrogen-bond acceptors (Lipinski definition) is 7. The van der Waals surface area contributed by atoms with Gasteiger partial charge in [0.05, 0.1) is 40.7 Å². The van der Waals surface area contributed by atoms with Gasteiger partial charge in [0.1, 0.15) is 5.82 Å². The van der Waals surface area contributed by atoms with E-state index in [1.54, 1.807) is 24.4 Å². The van der Waals surface area contributed by atoms with Gasteiger partial charge >= 0.3 is 6.18 Å². The van der Waals surface area contributed by atoms with Gasteiger partial charge in [0, 0.05) is 62.3 Å². The molecule has 2 aromatic heterocycles. The number of benzene rings is 1. The zero-order valence-electron chi connectivity index (χ0n) is 23.5.